The highest BCUT2D eigenvalue weighted by molar-refractivity contribution is 6.15. The molecule has 0 spiro atoms. The van der Waals surface area contributed by atoms with Gasteiger partial charge in [0.05, 0.1) is 20.0 Å². The van der Waals surface area contributed by atoms with Crippen LogP contribution < -0.4 is 19.7 Å². The number of aromatic nitrogens is 2. The first kappa shape index (κ1) is 22.5. The fourth-order valence-corrected chi connectivity index (χ4v) is 4.42. The van der Waals surface area contributed by atoms with Crippen molar-refractivity contribution < 1.29 is 28.6 Å². The van der Waals surface area contributed by atoms with Gasteiger partial charge in [-0.05, 0) is 24.6 Å². The van der Waals surface area contributed by atoms with Crippen LogP contribution in [0.2, 0.25) is 0 Å². The van der Waals surface area contributed by atoms with Crippen molar-refractivity contribution in [3.05, 3.63) is 71.8 Å². The molecule has 10 nitrogen and oxygen atoms in total. The number of carbonyl (C=O) groups is 3. The van der Waals surface area contributed by atoms with E-state index in [9.17, 15) is 14.4 Å². The summed E-state index contributed by atoms with van der Waals surface area (Å²) in [5.41, 5.74) is -0.0306. The number of anilines is 1. The lowest BCUT2D eigenvalue weighted by molar-refractivity contribution is -0.126. The zero-order valence-electron chi connectivity index (χ0n) is 19.3. The molecule has 0 saturated carbocycles. The molecule has 1 N–H and O–H groups in total. The minimum atomic E-state index is -1.34. The number of carbonyl (C=O) groups excluding carboxylic acids is 3. The molecule has 1 atom stereocenters. The molecule has 0 radical (unpaired) electrons. The molecule has 3 heterocycles. The summed E-state index contributed by atoms with van der Waals surface area (Å²) in [6.07, 6.45) is 1.38. The topological polar surface area (TPSA) is 112 Å². The molecule has 0 bridgehead atoms. The molecule has 2 amide bonds. The minimum absolute atomic E-state index is 0.0556. The van der Waals surface area contributed by atoms with Gasteiger partial charge in [-0.2, -0.15) is 0 Å². The van der Waals surface area contributed by atoms with Gasteiger partial charge in [-0.3, -0.25) is 14.5 Å². The number of imidazole rings is 1. The molecule has 2 aliphatic rings. The van der Waals surface area contributed by atoms with Crippen molar-refractivity contribution in [1.82, 2.24) is 14.9 Å². The van der Waals surface area contributed by atoms with Crippen molar-refractivity contribution in [2.45, 2.75) is 25.6 Å². The normalized spacial score (nSPS) is 18.6. The van der Waals surface area contributed by atoms with E-state index in [1.165, 1.54) is 22.9 Å². The fourth-order valence-electron chi connectivity index (χ4n) is 4.42. The third kappa shape index (κ3) is 3.86. The maximum atomic E-state index is 13.9. The second-order valence-corrected chi connectivity index (χ2v) is 8.47. The van der Waals surface area contributed by atoms with Gasteiger partial charge in [-0.25, -0.2) is 9.78 Å². The summed E-state index contributed by atoms with van der Waals surface area (Å²) in [4.78, 5) is 45.3. The van der Waals surface area contributed by atoms with Gasteiger partial charge < -0.3 is 24.1 Å². The van der Waals surface area contributed by atoms with Crippen molar-refractivity contribution in [2.75, 3.05) is 25.2 Å². The lowest BCUT2D eigenvalue weighted by Gasteiger charge is -2.43. The van der Waals surface area contributed by atoms with E-state index in [1.807, 2.05) is 30.3 Å². The van der Waals surface area contributed by atoms with Gasteiger partial charge in [0.1, 0.15) is 24.4 Å². The number of fused-ring (bicyclic) bond motifs is 2. The maximum Gasteiger partial charge on any atom is 0.359 e. The molecule has 1 aromatic heterocycles. The van der Waals surface area contributed by atoms with Gasteiger partial charge >= 0.3 is 5.97 Å². The highest BCUT2D eigenvalue weighted by Gasteiger charge is 2.50. The Hall–Kier alpha value is -4.34. The lowest BCUT2D eigenvalue weighted by atomic mass is 9.93. The SMILES string of the molecule is COC(=O)c1ncn2c1C(=O)N(c1ccc3c(c1)OCCO3)[C@@](C)(C(=O)NCc1ccccc1)C2. The number of methoxy groups -OCH3 is 1. The monoisotopic (exact) mass is 476 g/mol. The fraction of sp³-hybridized carbons (Fsp3) is 0.280. The maximum absolute atomic E-state index is 13.9. The van der Waals surface area contributed by atoms with Crippen molar-refractivity contribution >= 4 is 23.5 Å². The molecule has 2 aliphatic heterocycles. The molecule has 0 saturated heterocycles. The zero-order valence-corrected chi connectivity index (χ0v) is 19.3. The van der Waals surface area contributed by atoms with E-state index < -0.39 is 17.4 Å². The first-order chi connectivity index (χ1) is 16.9. The highest BCUT2D eigenvalue weighted by atomic mass is 16.6. The summed E-state index contributed by atoms with van der Waals surface area (Å²) in [5, 5.41) is 2.95. The second-order valence-electron chi connectivity index (χ2n) is 8.47. The number of ether oxygens (including phenoxy) is 3. The molecular weight excluding hydrogens is 452 g/mol. The first-order valence-electron chi connectivity index (χ1n) is 11.1. The summed E-state index contributed by atoms with van der Waals surface area (Å²) >= 11 is 0. The van der Waals surface area contributed by atoms with Crippen molar-refractivity contribution in [3.63, 3.8) is 0 Å². The quantitative estimate of drug-likeness (QED) is 0.562. The molecule has 2 aromatic carbocycles. The molecule has 5 rings (SSSR count). The van der Waals surface area contributed by atoms with Crippen LogP contribution in [-0.4, -0.2) is 53.2 Å². The standard InChI is InChI=1S/C25H24N4O6/c1-25(24(32)26-13-16-6-4-3-5-7-16)14-28-15-27-20(23(31)33-2)21(28)22(30)29(25)17-8-9-18-19(12-17)35-11-10-34-18/h3-9,12,15H,10-11,13-14H2,1-2H3,(H,26,32)/t25-/m1/s1. The van der Waals surface area contributed by atoms with Crippen LogP contribution in [0.1, 0.15) is 33.5 Å². The Balaban J connectivity index is 1.57. The van der Waals surface area contributed by atoms with Crippen LogP contribution >= 0.6 is 0 Å². The van der Waals surface area contributed by atoms with Crippen LogP contribution in [0, 0.1) is 0 Å². The van der Waals surface area contributed by atoms with Crippen molar-refractivity contribution in [2.24, 2.45) is 0 Å². The third-order valence-corrected chi connectivity index (χ3v) is 6.16. The zero-order chi connectivity index (χ0) is 24.6. The van der Waals surface area contributed by atoms with Crippen molar-refractivity contribution in [1.29, 1.82) is 0 Å². The Morgan fingerprint density at radius 2 is 1.86 bits per heavy atom. The average molecular weight is 476 g/mol. The number of nitrogens with one attached hydrogen (secondary N) is 1. The summed E-state index contributed by atoms with van der Waals surface area (Å²) in [5.74, 6) is -0.612. The van der Waals surface area contributed by atoms with E-state index in [-0.39, 0.29) is 23.8 Å². The summed E-state index contributed by atoms with van der Waals surface area (Å²) in [6, 6.07) is 14.6. The van der Waals surface area contributed by atoms with E-state index in [1.54, 1.807) is 25.1 Å². The van der Waals surface area contributed by atoms with E-state index in [4.69, 9.17) is 14.2 Å². The molecule has 35 heavy (non-hydrogen) atoms. The first-order valence-corrected chi connectivity index (χ1v) is 11.1. The van der Waals surface area contributed by atoms with E-state index >= 15 is 0 Å². The molecule has 3 aromatic rings. The summed E-state index contributed by atoms with van der Waals surface area (Å²) < 4.78 is 17.6. The van der Waals surface area contributed by atoms with Gasteiger partial charge in [-0.1, -0.05) is 30.3 Å². The number of hydrogen-bond donors (Lipinski definition) is 1. The number of esters is 1. The Morgan fingerprint density at radius 1 is 1.11 bits per heavy atom. The Morgan fingerprint density at radius 3 is 2.60 bits per heavy atom. The number of benzene rings is 2. The number of amides is 2. The Labute approximate surface area is 201 Å². The Kier molecular flexibility index (Phi) is 5.64. The molecule has 0 aliphatic carbocycles. The number of rotatable bonds is 5. The molecular formula is C25H24N4O6. The number of hydrogen-bond acceptors (Lipinski definition) is 7. The number of nitrogens with zero attached hydrogens (tertiary/aromatic N) is 3. The second kappa shape index (κ2) is 8.79. The van der Waals surface area contributed by atoms with Gasteiger partial charge in [0.15, 0.2) is 17.2 Å². The van der Waals surface area contributed by atoms with Crippen LogP contribution in [0.15, 0.2) is 54.9 Å². The average Bonchev–Trinajstić information content (AvgIpc) is 3.31. The predicted molar refractivity (Wildman–Crippen MR) is 125 cm³/mol. The Bertz CT molecular complexity index is 1300. The van der Waals surface area contributed by atoms with E-state index in [2.05, 4.69) is 10.3 Å². The molecule has 0 fully saturated rings. The van der Waals surface area contributed by atoms with E-state index in [0.29, 0.717) is 36.9 Å². The highest BCUT2D eigenvalue weighted by Crippen LogP contribution is 2.39. The summed E-state index contributed by atoms with van der Waals surface area (Å²) in [7, 11) is 1.22. The smallest absolute Gasteiger partial charge is 0.359 e. The lowest BCUT2D eigenvalue weighted by Crippen LogP contribution is -2.64. The molecule has 10 heteroatoms. The van der Waals surface area contributed by atoms with Crippen LogP contribution in [-0.2, 0) is 22.6 Å². The van der Waals surface area contributed by atoms with Crippen LogP contribution in [0.3, 0.4) is 0 Å². The van der Waals surface area contributed by atoms with Gasteiger partial charge in [-0.15, -0.1) is 0 Å². The van der Waals surface area contributed by atoms with Crippen LogP contribution in [0.25, 0.3) is 0 Å². The van der Waals surface area contributed by atoms with Crippen LogP contribution in [0.5, 0.6) is 11.5 Å². The molecule has 0 unspecified atom stereocenters. The summed E-state index contributed by atoms with van der Waals surface area (Å²) in [6.45, 7) is 2.85. The molecule has 180 valence electrons. The van der Waals surface area contributed by atoms with Gasteiger partial charge in [0.2, 0.25) is 5.91 Å². The largest absolute Gasteiger partial charge is 0.486 e. The van der Waals surface area contributed by atoms with Gasteiger partial charge in [0, 0.05) is 18.3 Å². The van der Waals surface area contributed by atoms with Crippen LogP contribution in [0.4, 0.5) is 5.69 Å². The third-order valence-electron chi connectivity index (χ3n) is 6.16. The predicted octanol–water partition coefficient (Wildman–Crippen LogP) is 2.18. The minimum Gasteiger partial charge on any atom is -0.486 e. The van der Waals surface area contributed by atoms with Gasteiger partial charge in [0.25, 0.3) is 5.91 Å². The van der Waals surface area contributed by atoms with Crippen molar-refractivity contribution in [3.8, 4) is 11.5 Å². The van der Waals surface area contributed by atoms with E-state index in [0.717, 1.165) is 5.56 Å².